The number of fused-ring (bicyclic) bond motifs is 2. The lowest BCUT2D eigenvalue weighted by atomic mass is 10.2. The number of oxazole rings is 1. The van der Waals surface area contributed by atoms with Crippen LogP contribution in [0, 0.1) is 0 Å². The molecular formula is C17H14N2O2. The number of benzene rings is 2. The largest absolute Gasteiger partial charge is 0.459 e. The van der Waals surface area contributed by atoms with Crippen molar-refractivity contribution in [3.8, 4) is 0 Å². The van der Waals surface area contributed by atoms with Gasteiger partial charge in [0.2, 0.25) is 0 Å². The maximum absolute atomic E-state index is 5.82. The van der Waals surface area contributed by atoms with Gasteiger partial charge in [-0.3, -0.25) is 0 Å². The molecule has 0 bridgehead atoms. The zero-order valence-electron chi connectivity index (χ0n) is 11.6. The third-order valence-corrected chi connectivity index (χ3v) is 3.48. The Kier molecular flexibility index (Phi) is 2.67. The fourth-order valence-corrected chi connectivity index (χ4v) is 2.44. The molecule has 0 unspecified atom stereocenters. The molecule has 21 heavy (non-hydrogen) atoms. The summed E-state index contributed by atoms with van der Waals surface area (Å²) in [7, 11) is 1.94. The Morgan fingerprint density at radius 2 is 1.71 bits per heavy atom. The van der Waals surface area contributed by atoms with E-state index in [-0.39, 0.29) is 0 Å². The molecule has 2 aromatic heterocycles. The lowest BCUT2D eigenvalue weighted by Crippen LogP contribution is -2.16. The van der Waals surface area contributed by atoms with Crippen LogP contribution in [0.3, 0.4) is 0 Å². The summed E-state index contributed by atoms with van der Waals surface area (Å²) in [5.41, 5.74) is 2.56. The number of rotatable bonds is 3. The lowest BCUT2D eigenvalue weighted by molar-refractivity contribution is 0.523. The molecule has 0 aliphatic carbocycles. The molecule has 0 aliphatic rings. The van der Waals surface area contributed by atoms with Crippen LogP contribution in [0.25, 0.3) is 22.1 Å². The Morgan fingerprint density at radius 3 is 2.52 bits per heavy atom. The molecule has 4 aromatic rings. The smallest absolute Gasteiger partial charge is 0.298 e. The lowest BCUT2D eigenvalue weighted by Gasteiger charge is -2.11. The Morgan fingerprint density at radius 1 is 0.952 bits per heavy atom. The first-order valence-corrected chi connectivity index (χ1v) is 6.84. The summed E-state index contributed by atoms with van der Waals surface area (Å²) < 4.78 is 11.6. The molecule has 2 aromatic carbocycles. The zero-order valence-corrected chi connectivity index (χ0v) is 11.6. The molecule has 0 N–H and O–H groups in total. The van der Waals surface area contributed by atoms with E-state index >= 15 is 0 Å². The molecule has 0 saturated carbocycles. The van der Waals surface area contributed by atoms with Gasteiger partial charge in [0.05, 0.1) is 6.54 Å². The van der Waals surface area contributed by atoms with E-state index in [9.17, 15) is 0 Å². The fraction of sp³-hybridized carbons (Fsp3) is 0.118. The minimum Gasteiger partial charge on any atom is -0.459 e. The molecule has 104 valence electrons. The Labute approximate surface area is 121 Å². The highest BCUT2D eigenvalue weighted by Gasteiger charge is 2.12. The number of aromatic nitrogens is 1. The second-order valence-corrected chi connectivity index (χ2v) is 5.07. The fourth-order valence-electron chi connectivity index (χ4n) is 2.44. The minimum atomic E-state index is 0.594. The van der Waals surface area contributed by atoms with Gasteiger partial charge in [-0.1, -0.05) is 30.3 Å². The van der Waals surface area contributed by atoms with Crippen LogP contribution in [-0.2, 0) is 6.54 Å². The van der Waals surface area contributed by atoms with Crippen molar-refractivity contribution in [1.82, 2.24) is 4.98 Å². The topological polar surface area (TPSA) is 42.4 Å². The van der Waals surface area contributed by atoms with Crippen molar-refractivity contribution in [3.05, 3.63) is 60.4 Å². The first-order valence-electron chi connectivity index (χ1n) is 6.84. The number of para-hydroxylation sites is 3. The number of furan rings is 1. The summed E-state index contributed by atoms with van der Waals surface area (Å²) >= 11 is 0. The minimum absolute atomic E-state index is 0.594. The molecule has 0 radical (unpaired) electrons. The quantitative estimate of drug-likeness (QED) is 0.563. The van der Waals surface area contributed by atoms with Gasteiger partial charge in [-0.05, 0) is 24.3 Å². The summed E-state index contributed by atoms with van der Waals surface area (Å²) in [6, 6.07) is 18.4. The van der Waals surface area contributed by atoms with Crippen LogP contribution < -0.4 is 4.90 Å². The van der Waals surface area contributed by atoms with Crippen LogP contribution in [0.5, 0.6) is 0 Å². The third-order valence-electron chi connectivity index (χ3n) is 3.48. The molecule has 4 nitrogen and oxygen atoms in total. The van der Waals surface area contributed by atoms with Gasteiger partial charge in [0.1, 0.15) is 16.9 Å². The SMILES string of the molecule is CN(Cc1cc2ccccc2o1)c1nc2ccccc2o1. The molecule has 0 saturated heterocycles. The predicted octanol–water partition coefficient (Wildman–Crippen LogP) is 4.21. The van der Waals surface area contributed by atoms with Crippen molar-refractivity contribution in [2.75, 3.05) is 11.9 Å². The van der Waals surface area contributed by atoms with Crippen molar-refractivity contribution in [1.29, 1.82) is 0 Å². The molecule has 2 heterocycles. The van der Waals surface area contributed by atoms with Gasteiger partial charge in [0.15, 0.2) is 5.58 Å². The van der Waals surface area contributed by atoms with E-state index in [4.69, 9.17) is 8.83 Å². The molecule has 0 amide bonds. The highest BCUT2D eigenvalue weighted by Crippen LogP contribution is 2.24. The van der Waals surface area contributed by atoms with E-state index in [0.717, 1.165) is 27.8 Å². The second kappa shape index (κ2) is 4.66. The Hall–Kier alpha value is -2.75. The first kappa shape index (κ1) is 12.0. The van der Waals surface area contributed by atoms with Gasteiger partial charge in [0.25, 0.3) is 6.01 Å². The van der Waals surface area contributed by atoms with Crippen molar-refractivity contribution < 1.29 is 8.83 Å². The van der Waals surface area contributed by atoms with Crippen LogP contribution in [0.2, 0.25) is 0 Å². The number of hydrogen-bond donors (Lipinski definition) is 0. The van der Waals surface area contributed by atoms with E-state index in [1.807, 2.05) is 60.5 Å². The molecule has 4 heteroatoms. The monoisotopic (exact) mass is 278 g/mol. The average Bonchev–Trinajstić information content (AvgIpc) is 3.10. The van der Waals surface area contributed by atoms with Gasteiger partial charge in [-0.15, -0.1) is 0 Å². The standard InChI is InChI=1S/C17H14N2O2/c1-19(17-18-14-7-3-5-9-16(14)21-17)11-13-10-12-6-2-4-8-15(12)20-13/h2-10H,11H2,1H3. The normalized spacial score (nSPS) is 11.3. The number of anilines is 1. The maximum Gasteiger partial charge on any atom is 0.298 e. The molecular weight excluding hydrogens is 264 g/mol. The third kappa shape index (κ3) is 2.14. The van der Waals surface area contributed by atoms with E-state index in [0.29, 0.717) is 12.6 Å². The van der Waals surface area contributed by atoms with Crippen LogP contribution in [0.4, 0.5) is 6.01 Å². The van der Waals surface area contributed by atoms with Gasteiger partial charge in [0, 0.05) is 12.4 Å². The van der Waals surface area contributed by atoms with Crippen molar-refractivity contribution >= 4 is 28.1 Å². The molecule has 0 atom stereocenters. The van der Waals surface area contributed by atoms with Gasteiger partial charge < -0.3 is 13.7 Å². The highest BCUT2D eigenvalue weighted by molar-refractivity contribution is 5.78. The van der Waals surface area contributed by atoms with Crippen LogP contribution in [-0.4, -0.2) is 12.0 Å². The predicted molar refractivity (Wildman–Crippen MR) is 82.3 cm³/mol. The second-order valence-electron chi connectivity index (χ2n) is 5.07. The number of hydrogen-bond acceptors (Lipinski definition) is 4. The van der Waals surface area contributed by atoms with Crippen LogP contribution >= 0.6 is 0 Å². The zero-order chi connectivity index (χ0) is 14.2. The van der Waals surface area contributed by atoms with E-state index in [1.54, 1.807) is 0 Å². The van der Waals surface area contributed by atoms with Crippen LogP contribution in [0.1, 0.15) is 5.76 Å². The van der Waals surface area contributed by atoms with Gasteiger partial charge in [-0.2, -0.15) is 4.98 Å². The highest BCUT2D eigenvalue weighted by atomic mass is 16.4. The maximum atomic E-state index is 5.82. The molecule has 0 fully saturated rings. The first-order chi connectivity index (χ1) is 10.3. The van der Waals surface area contributed by atoms with Crippen molar-refractivity contribution in [2.45, 2.75) is 6.54 Å². The summed E-state index contributed by atoms with van der Waals surface area (Å²) in [5, 5.41) is 1.11. The van der Waals surface area contributed by atoms with Crippen molar-refractivity contribution in [2.24, 2.45) is 0 Å². The molecule has 0 spiro atoms. The summed E-state index contributed by atoms with van der Waals surface area (Å²) in [5.74, 6) is 0.890. The average molecular weight is 278 g/mol. The van der Waals surface area contributed by atoms with E-state index < -0.39 is 0 Å². The Bertz CT molecular complexity index is 841. The van der Waals surface area contributed by atoms with Gasteiger partial charge in [-0.25, -0.2) is 0 Å². The molecule has 4 rings (SSSR count). The van der Waals surface area contributed by atoms with Gasteiger partial charge >= 0.3 is 0 Å². The summed E-state index contributed by atoms with van der Waals surface area (Å²) in [6.45, 7) is 0.613. The number of nitrogens with zero attached hydrogens (tertiary/aromatic N) is 2. The van der Waals surface area contributed by atoms with Crippen LogP contribution in [0.15, 0.2) is 63.4 Å². The summed E-state index contributed by atoms with van der Waals surface area (Å²) in [6.07, 6.45) is 0. The Balaban J connectivity index is 1.63. The van der Waals surface area contributed by atoms with E-state index in [2.05, 4.69) is 11.1 Å². The summed E-state index contributed by atoms with van der Waals surface area (Å²) in [4.78, 5) is 6.42. The van der Waals surface area contributed by atoms with Crippen molar-refractivity contribution in [3.63, 3.8) is 0 Å². The molecule has 0 aliphatic heterocycles. The van der Waals surface area contributed by atoms with E-state index in [1.165, 1.54) is 0 Å².